The minimum Gasteiger partial charge on any atom is -0.484 e. The molecule has 1 aromatic rings. The summed E-state index contributed by atoms with van der Waals surface area (Å²) in [7, 11) is -3.13. The van der Waals surface area contributed by atoms with Crippen molar-refractivity contribution in [3.8, 4) is 5.75 Å². The van der Waals surface area contributed by atoms with Crippen LogP contribution in [0.15, 0.2) is 24.3 Å². The number of nitrogens with zero attached hydrogens (tertiary/aromatic N) is 1. The van der Waals surface area contributed by atoms with Gasteiger partial charge in [-0.2, -0.15) is 0 Å². The number of sulfonamides is 1. The number of rotatable bonds is 6. The number of hydrogen-bond donors (Lipinski definition) is 1. The van der Waals surface area contributed by atoms with Gasteiger partial charge in [-0.15, -0.1) is 0 Å². The first kappa shape index (κ1) is 17.7. The molecule has 0 aromatic heterocycles. The van der Waals surface area contributed by atoms with Gasteiger partial charge in [-0.1, -0.05) is 18.2 Å². The third-order valence-corrected chi connectivity index (χ3v) is 5.91. The third-order valence-electron chi connectivity index (χ3n) is 4.03. The van der Waals surface area contributed by atoms with Crippen LogP contribution in [0.2, 0.25) is 0 Å². The Morgan fingerprint density at radius 3 is 2.57 bits per heavy atom. The lowest BCUT2D eigenvalue weighted by molar-refractivity contribution is -0.124. The Morgan fingerprint density at radius 2 is 1.96 bits per heavy atom. The summed E-state index contributed by atoms with van der Waals surface area (Å²) in [5.41, 5.74) is 0.985. The van der Waals surface area contributed by atoms with Crippen LogP contribution in [-0.2, 0) is 14.8 Å². The van der Waals surface area contributed by atoms with Gasteiger partial charge in [0, 0.05) is 19.1 Å². The monoisotopic (exact) mass is 340 g/mol. The summed E-state index contributed by atoms with van der Waals surface area (Å²) in [5, 5.41) is 2.91. The van der Waals surface area contributed by atoms with E-state index in [0.29, 0.717) is 31.7 Å². The molecule has 1 N–H and O–H groups in total. The first-order chi connectivity index (χ1) is 10.9. The predicted molar refractivity (Wildman–Crippen MR) is 88.9 cm³/mol. The number of benzene rings is 1. The molecule has 2 rings (SSSR count). The zero-order valence-corrected chi connectivity index (χ0v) is 14.4. The number of para-hydroxylation sites is 1. The molecule has 7 heteroatoms. The number of aryl methyl sites for hydroxylation is 1. The van der Waals surface area contributed by atoms with Crippen molar-refractivity contribution in [3.63, 3.8) is 0 Å². The number of carbonyl (C=O) groups excluding carboxylic acids is 1. The Kier molecular flexibility index (Phi) is 6.01. The van der Waals surface area contributed by atoms with Crippen molar-refractivity contribution in [2.24, 2.45) is 0 Å². The molecule has 0 atom stereocenters. The molecular formula is C16H24N2O4S. The number of carbonyl (C=O) groups is 1. The van der Waals surface area contributed by atoms with E-state index >= 15 is 0 Å². The van der Waals surface area contributed by atoms with Crippen LogP contribution >= 0.6 is 0 Å². The Labute approximate surface area is 137 Å². The van der Waals surface area contributed by atoms with Crippen LogP contribution < -0.4 is 10.1 Å². The van der Waals surface area contributed by atoms with Crippen molar-refractivity contribution in [2.45, 2.75) is 32.7 Å². The molecule has 0 saturated carbocycles. The van der Waals surface area contributed by atoms with Crippen molar-refractivity contribution < 1.29 is 17.9 Å². The van der Waals surface area contributed by atoms with E-state index in [-0.39, 0.29) is 24.3 Å². The molecule has 128 valence electrons. The minimum atomic E-state index is -3.13. The molecule has 1 amide bonds. The summed E-state index contributed by atoms with van der Waals surface area (Å²) in [5.74, 6) is 0.644. The quantitative estimate of drug-likeness (QED) is 0.847. The number of ether oxygens (including phenoxy) is 1. The fourth-order valence-corrected chi connectivity index (χ4v) is 3.72. The zero-order chi connectivity index (χ0) is 16.9. The molecule has 0 bridgehead atoms. The van der Waals surface area contributed by atoms with Crippen molar-refractivity contribution >= 4 is 15.9 Å². The van der Waals surface area contributed by atoms with E-state index in [0.717, 1.165) is 5.56 Å². The Bertz CT molecular complexity index is 637. The van der Waals surface area contributed by atoms with E-state index in [9.17, 15) is 13.2 Å². The van der Waals surface area contributed by atoms with Gasteiger partial charge in [0.15, 0.2) is 6.61 Å². The molecule has 1 aliphatic rings. The molecule has 1 saturated heterocycles. The second kappa shape index (κ2) is 7.79. The number of piperidine rings is 1. The normalized spacial score (nSPS) is 17.0. The van der Waals surface area contributed by atoms with Crippen molar-refractivity contribution in [1.82, 2.24) is 9.62 Å². The summed E-state index contributed by atoms with van der Waals surface area (Å²) in [6.45, 7) is 4.46. The SMILES string of the molecule is CCS(=O)(=O)N1CCC(NC(=O)COc2ccccc2C)CC1. The summed E-state index contributed by atoms with van der Waals surface area (Å²) in [6, 6.07) is 7.55. The van der Waals surface area contributed by atoms with Crippen LogP contribution in [-0.4, -0.2) is 50.1 Å². The van der Waals surface area contributed by atoms with E-state index in [1.807, 2.05) is 31.2 Å². The predicted octanol–water partition coefficient (Wildman–Crippen LogP) is 1.30. The molecule has 1 fully saturated rings. The van der Waals surface area contributed by atoms with Gasteiger partial charge >= 0.3 is 0 Å². The van der Waals surface area contributed by atoms with Gasteiger partial charge in [-0.3, -0.25) is 4.79 Å². The van der Waals surface area contributed by atoms with Crippen molar-refractivity contribution in [3.05, 3.63) is 29.8 Å². The average molecular weight is 340 g/mol. The number of amides is 1. The van der Waals surface area contributed by atoms with Gasteiger partial charge in [0.2, 0.25) is 10.0 Å². The van der Waals surface area contributed by atoms with Crippen LogP contribution in [0.5, 0.6) is 5.75 Å². The van der Waals surface area contributed by atoms with Crippen LogP contribution in [0.3, 0.4) is 0 Å². The van der Waals surface area contributed by atoms with Gasteiger partial charge in [-0.05, 0) is 38.3 Å². The molecule has 0 unspecified atom stereocenters. The lowest BCUT2D eigenvalue weighted by Crippen LogP contribution is -2.47. The first-order valence-electron chi connectivity index (χ1n) is 7.88. The van der Waals surface area contributed by atoms with Crippen molar-refractivity contribution in [2.75, 3.05) is 25.4 Å². The summed E-state index contributed by atoms with van der Waals surface area (Å²) in [6.07, 6.45) is 1.27. The summed E-state index contributed by atoms with van der Waals surface area (Å²) < 4.78 is 30.6. The fourth-order valence-electron chi connectivity index (χ4n) is 2.59. The molecule has 0 spiro atoms. The highest BCUT2D eigenvalue weighted by Crippen LogP contribution is 2.16. The largest absolute Gasteiger partial charge is 0.484 e. The van der Waals surface area contributed by atoms with Crippen molar-refractivity contribution in [1.29, 1.82) is 0 Å². The summed E-state index contributed by atoms with van der Waals surface area (Å²) in [4.78, 5) is 12.0. The lowest BCUT2D eigenvalue weighted by atomic mass is 10.1. The highest BCUT2D eigenvalue weighted by atomic mass is 32.2. The first-order valence-corrected chi connectivity index (χ1v) is 9.49. The maximum Gasteiger partial charge on any atom is 0.258 e. The molecule has 0 radical (unpaired) electrons. The topological polar surface area (TPSA) is 75.7 Å². The van der Waals surface area contributed by atoms with E-state index in [2.05, 4.69) is 5.32 Å². The maximum absolute atomic E-state index is 12.0. The molecule has 6 nitrogen and oxygen atoms in total. The standard InChI is InChI=1S/C16H24N2O4S/c1-3-23(20,21)18-10-8-14(9-11-18)17-16(19)12-22-15-7-5-4-6-13(15)2/h4-7,14H,3,8-12H2,1-2H3,(H,17,19). The van der Waals surface area contributed by atoms with Crippen LogP contribution in [0, 0.1) is 6.92 Å². The van der Waals surface area contributed by atoms with Crippen LogP contribution in [0.4, 0.5) is 0 Å². The molecule has 23 heavy (non-hydrogen) atoms. The van der Waals surface area contributed by atoms with E-state index in [1.165, 1.54) is 4.31 Å². The smallest absolute Gasteiger partial charge is 0.258 e. The van der Waals surface area contributed by atoms with Gasteiger partial charge in [0.25, 0.3) is 5.91 Å². The van der Waals surface area contributed by atoms with Gasteiger partial charge in [0.05, 0.1) is 5.75 Å². The van der Waals surface area contributed by atoms with E-state index < -0.39 is 10.0 Å². The molecular weight excluding hydrogens is 316 g/mol. The van der Waals surface area contributed by atoms with Crippen LogP contribution in [0.25, 0.3) is 0 Å². The molecule has 0 aliphatic carbocycles. The van der Waals surface area contributed by atoms with Gasteiger partial charge in [0.1, 0.15) is 5.75 Å². The Hall–Kier alpha value is -1.60. The Morgan fingerprint density at radius 1 is 1.30 bits per heavy atom. The van der Waals surface area contributed by atoms with E-state index in [4.69, 9.17) is 4.74 Å². The number of hydrogen-bond acceptors (Lipinski definition) is 4. The average Bonchev–Trinajstić information content (AvgIpc) is 2.54. The molecule has 1 aromatic carbocycles. The highest BCUT2D eigenvalue weighted by Gasteiger charge is 2.27. The third kappa shape index (κ3) is 4.94. The second-order valence-corrected chi connectivity index (χ2v) is 7.95. The second-order valence-electron chi connectivity index (χ2n) is 5.70. The lowest BCUT2D eigenvalue weighted by Gasteiger charge is -2.31. The highest BCUT2D eigenvalue weighted by molar-refractivity contribution is 7.89. The zero-order valence-electron chi connectivity index (χ0n) is 13.6. The minimum absolute atomic E-state index is 0.00581. The summed E-state index contributed by atoms with van der Waals surface area (Å²) >= 11 is 0. The van der Waals surface area contributed by atoms with Gasteiger partial charge < -0.3 is 10.1 Å². The van der Waals surface area contributed by atoms with E-state index in [1.54, 1.807) is 6.92 Å². The molecule has 1 heterocycles. The fraction of sp³-hybridized carbons (Fsp3) is 0.562. The maximum atomic E-state index is 12.0. The number of nitrogens with one attached hydrogen (secondary N) is 1. The van der Waals surface area contributed by atoms with Crippen LogP contribution in [0.1, 0.15) is 25.3 Å². The Balaban J connectivity index is 1.76. The molecule has 1 aliphatic heterocycles. The van der Waals surface area contributed by atoms with Gasteiger partial charge in [-0.25, -0.2) is 12.7 Å².